The number of nitrogens with one attached hydrogen (secondary N) is 6. The predicted molar refractivity (Wildman–Crippen MR) is 204 cm³/mol. The van der Waals surface area contributed by atoms with Crippen LogP contribution in [-0.2, 0) is 51.2 Å². The van der Waals surface area contributed by atoms with Gasteiger partial charge in [-0.25, -0.2) is 4.79 Å². The number of benzene rings is 2. The molecule has 15 N–H and O–H groups in total. The van der Waals surface area contributed by atoms with Gasteiger partial charge in [0, 0.05) is 12.8 Å². The first kappa shape index (κ1) is 47.0. The number of aliphatic hydroxyl groups is 1. The molecule has 0 fully saturated rings. The Morgan fingerprint density at radius 1 is 0.667 bits per heavy atom. The van der Waals surface area contributed by atoms with Crippen LogP contribution in [0.25, 0.3) is 0 Å². The van der Waals surface area contributed by atoms with Crippen LogP contribution in [0.5, 0.6) is 5.75 Å². The molecule has 7 amide bonds. The Morgan fingerprint density at radius 3 is 1.86 bits per heavy atom. The quantitative estimate of drug-likeness (QED) is 0.0435. The zero-order valence-electron chi connectivity index (χ0n) is 31.6. The van der Waals surface area contributed by atoms with E-state index in [2.05, 4.69) is 31.9 Å². The van der Waals surface area contributed by atoms with Crippen LogP contribution in [0, 0.1) is 0 Å². The number of amides is 7. The molecule has 0 saturated heterocycles. The number of carbonyl (C=O) groups is 8. The van der Waals surface area contributed by atoms with Crippen molar-refractivity contribution < 1.29 is 53.7 Å². The summed E-state index contributed by atoms with van der Waals surface area (Å²) in [6.07, 6.45) is 0.382. The van der Waals surface area contributed by atoms with Crippen LogP contribution in [0.15, 0.2) is 54.6 Å². The highest BCUT2D eigenvalue weighted by molar-refractivity contribution is 5.96. The molecule has 20 heteroatoms. The fourth-order valence-electron chi connectivity index (χ4n) is 5.30. The average molecular weight is 800 g/mol. The Labute approximate surface area is 329 Å². The molecule has 312 valence electrons. The summed E-state index contributed by atoms with van der Waals surface area (Å²) in [4.78, 5) is 101. The van der Waals surface area contributed by atoms with Crippen molar-refractivity contribution in [2.24, 2.45) is 17.2 Å². The Morgan fingerprint density at radius 2 is 1.26 bits per heavy atom. The smallest absolute Gasteiger partial charge is 0.326 e. The molecule has 0 bridgehead atoms. The van der Waals surface area contributed by atoms with E-state index >= 15 is 0 Å². The topological polar surface area (TPSA) is 347 Å². The molecular weight excluding hydrogens is 746 g/mol. The summed E-state index contributed by atoms with van der Waals surface area (Å²) in [5.41, 5.74) is 17.9. The Bertz CT molecular complexity index is 1680. The zero-order valence-corrected chi connectivity index (χ0v) is 31.6. The third-order valence-electron chi connectivity index (χ3n) is 8.53. The molecule has 2 aromatic carbocycles. The Hall–Kier alpha value is -6.12. The van der Waals surface area contributed by atoms with Gasteiger partial charge < -0.3 is 64.4 Å². The van der Waals surface area contributed by atoms with Crippen molar-refractivity contribution in [3.8, 4) is 5.75 Å². The van der Waals surface area contributed by atoms with Gasteiger partial charge in [-0.1, -0.05) is 42.5 Å². The standard InChI is InChI=1S/C37H53N9O11/c1-21(42-33(52)25(39)17-23-10-12-24(48)13-11-23)32(51)44-26(14-15-30(40)49)34(53)41-19-31(50)43-28(18-22-7-3-2-4-8-22)35(54)46-29(20-47)36(55)45-27(37(56)57)9-5-6-16-38/h2-4,7-8,10-13,21,25-29,47-48H,5-6,9,14-20,38-39H2,1H3,(H2,40,49)(H,41,53)(H,42,52)(H,43,50)(H,44,51)(H,45,55)(H,46,54)(H,56,57)/t21-,25-,26-,27-,28-,29-/m0/s1. The van der Waals surface area contributed by atoms with Crippen LogP contribution in [0.3, 0.4) is 0 Å². The third-order valence-corrected chi connectivity index (χ3v) is 8.53. The van der Waals surface area contributed by atoms with E-state index in [9.17, 15) is 53.7 Å². The molecule has 0 aliphatic heterocycles. The maximum Gasteiger partial charge on any atom is 0.326 e. The minimum atomic E-state index is -1.58. The number of carboxylic acid groups (broad SMARTS) is 1. The second-order valence-corrected chi connectivity index (χ2v) is 13.2. The van der Waals surface area contributed by atoms with Gasteiger partial charge in [0.25, 0.3) is 0 Å². The van der Waals surface area contributed by atoms with Gasteiger partial charge in [0.2, 0.25) is 41.4 Å². The van der Waals surface area contributed by atoms with Crippen molar-refractivity contribution in [3.63, 3.8) is 0 Å². The van der Waals surface area contributed by atoms with Crippen molar-refractivity contribution >= 4 is 47.3 Å². The van der Waals surface area contributed by atoms with Crippen LogP contribution >= 0.6 is 0 Å². The molecule has 2 aromatic rings. The Balaban J connectivity index is 2.08. The monoisotopic (exact) mass is 799 g/mol. The maximum atomic E-state index is 13.4. The van der Waals surface area contributed by atoms with E-state index in [0.717, 1.165) is 0 Å². The zero-order chi connectivity index (χ0) is 42.5. The highest BCUT2D eigenvalue weighted by Gasteiger charge is 2.30. The van der Waals surface area contributed by atoms with Gasteiger partial charge in [0.15, 0.2) is 0 Å². The SMILES string of the molecule is C[C@H](NC(=O)[C@@H](N)Cc1ccc(O)cc1)C(=O)N[C@@H](CCC(N)=O)C(=O)NCC(=O)N[C@@H](Cc1ccccc1)C(=O)N[C@@H](CO)C(=O)N[C@@H](CCCCN)C(=O)O. The molecule has 6 atom stereocenters. The highest BCUT2D eigenvalue weighted by atomic mass is 16.4. The number of nitrogens with two attached hydrogens (primary N) is 3. The van der Waals surface area contributed by atoms with Crippen molar-refractivity contribution in [2.45, 2.75) is 88.1 Å². The number of hydrogen-bond acceptors (Lipinski definition) is 12. The van der Waals surface area contributed by atoms with Gasteiger partial charge in [-0.2, -0.15) is 0 Å². The molecule has 0 aromatic heterocycles. The highest BCUT2D eigenvalue weighted by Crippen LogP contribution is 2.11. The summed E-state index contributed by atoms with van der Waals surface area (Å²) in [5.74, 6) is -7.22. The molecular formula is C37H53N9O11. The first-order valence-electron chi connectivity index (χ1n) is 18.2. The van der Waals surface area contributed by atoms with Gasteiger partial charge >= 0.3 is 5.97 Å². The lowest BCUT2D eigenvalue weighted by Gasteiger charge is -2.24. The average Bonchev–Trinajstić information content (AvgIpc) is 3.17. The molecule has 0 aliphatic carbocycles. The molecule has 0 unspecified atom stereocenters. The first-order chi connectivity index (χ1) is 27.0. The molecule has 57 heavy (non-hydrogen) atoms. The second-order valence-electron chi connectivity index (χ2n) is 13.2. The van der Waals surface area contributed by atoms with Gasteiger partial charge in [-0.15, -0.1) is 0 Å². The molecule has 0 spiro atoms. The van der Waals surface area contributed by atoms with E-state index in [1.165, 1.54) is 19.1 Å². The number of primary amides is 1. The van der Waals surface area contributed by atoms with Crippen LogP contribution in [0.2, 0.25) is 0 Å². The lowest BCUT2D eigenvalue weighted by Crippen LogP contribution is -2.58. The van der Waals surface area contributed by atoms with Crippen molar-refractivity contribution in [1.29, 1.82) is 0 Å². The summed E-state index contributed by atoms with van der Waals surface area (Å²) in [5, 5.41) is 43.1. The first-order valence-corrected chi connectivity index (χ1v) is 18.2. The van der Waals surface area contributed by atoms with E-state index in [-0.39, 0.29) is 37.9 Å². The summed E-state index contributed by atoms with van der Waals surface area (Å²) < 4.78 is 0. The lowest BCUT2D eigenvalue weighted by molar-refractivity contribution is -0.142. The molecule has 2 rings (SSSR count). The third kappa shape index (κ3) is 17.5. The number of aliphatic hydroxyl groups excluding tert-OH is 1. The van der Waals surface area contributed by atoms with Crippen molar-refractivity contribution in [2.75, 3.05) is 19.7 Å². The lowest BCUT2D eigenvalue weighted by atomic mass is 10.0. The van der Waals surface area contributed by atoms with Crippen molar-refractivity contribution in [3.05, 3.63) is 65.7 Å². The fraction of sp³-hybridized carbons (Fsp3) is 0.459. The van der Waals surface area contributed by atoms with Gasteiger partial charge in [0.05, 0.1) is 19.2 Å². The summed E-state index contributed by atoms with van der Waals surface area (Å²) in [6, 6.07) is 6.58. The fourth-order valence-corrected chi connectivity index (χ4v) is 5.30. The second kappa shape index (κ2) is 24.4. The number of rotatable bonds is 25. The van der Waals surface area contributed by atoms with E-state index < -0.39 is 96.7 Å². The van der Waals surface area contributed by atoms with Crippen LogP contribution in [-0.4, -0.2) is 119 Å². The number of phenols is 1. The maximum absolute atomic E-state index is 13.4. The van der Waals surface area contributed by atoms with E-state index in [1.807, 2.05) is 0 Å². The number of carboxylic acids is 1. The molecule has 0 radical (unpaired) electrons. The molecule has 0 saturated carbocycles. The Kier molecular flexibility index (Phi) is 20.1. The molecule has 20 nitrogen and oxygen atoms in total. The number of carbonyl (C=O) groups excluding carboxylic acids is 7. The van der Waals surface area contributed by atoms with Gasteiger partial charge in [-0.3, -0.25) is 33.6 Å². The number of phenolic OH excluding ortho intramolecular Hbond substituents is 1. The van der Waals surface area contributed by atoms with Crippen LogP contribution in [0.4, 0.5) is 0 Å². The van der Waals surface area contributed by atoms with E-state index in [1.54, 1.807) is 42.5 Å². The summed E-state index contributed by atoms with van der Waals surface area (Å²) in [6.45, 7) is 0.0449. The minimum Gasteiger partial charge on any atom is -0.508 e. The van der Waals surface area contributed by atoms with Crippen LogP contribution < -0.4 is 49.1 Å². The van der Waals surface area contributed by atoms with Crippen molar-refractivity contribution in [1.82, 2.24) is 31.9 Å². The summed E-state index contributed by atoms with van der Waals surface area (Å²) >= 11 is 0. The van der Waals surface area contributed by atoms with Gasteiger partial charge in [0.1, 0.15) is 36.0 Å². The normalized spacial score (nSPS) is 14.0. The number of unbranched alkanes of at least 4 members (excludes halogenated alkanes) is 1. The number of hydrogen-bond donors (Lipinski definition) is 12. The van der Waals surface area contributed by atoms with E-state index in [0.29, 0.717) is 30.5 Å². The molecule has 0 heterocycles. The minimum absolute atomic E-state index is 0.0348. The van der Waals surface area contributed by atoms with Gasteiger partial charge in [-0.05, 0) is 68.8 Å². The number of aliphatic carboxylic acids is 1. The number of aromatic hydroxyl groups is 1. The predicted octanol–water partition coefficient (Wildman–Crippen LogP) is -3.46. The van der Waals surface area contributed by atoms with Crippen LogP contribution in [0.1, 0.15) is 50.2 Å². The molecule has 0 aliphatic rings. The summed E-state index contributed by atoms with van der Waals surface area (Å²) in [7, 11) is 0. The van der Waals surface area contributed by atoms with E-state index in [4.69, 9.17) is 17.2 Å². The largest absolute Gasteiger partial charge is 0.508 e.